The molecule has 1 heterocycles. The molecule has 0 aliphatic rings. The van der Waals surface area contributed by atoms with Crippen LogP contribution in [0.4, 0.5) is 0 Å². The first-order valence-corrected chi connectivity index (χ1v) is 5.21. The lowest BCUT2D eigenvalue weighted by Gasteiger charge is -2.04. The highest BCUT2D eigenvalue weighted by Crippen LogP contribution is 2.07. The van der Waals surface area contributed by atoms with Crippen LogP contribution >= 0.6 is 0 Å². The molecule has 1 aromatic rings. The minimum Gasteiger partial charge on any atom is -0.351 e. The number of nitrogens with one attached hydrogen (secondary N) is 1. The van der Waals surface area contributed by atoms with Crippen LogP contribution in [-0.4, -0.2) is 28.8 Å². The van der Waals surface area contributed by atoms with Crippen LogP contribution in [0.25, 0.3) is 0 Å². The molecule has 0 saturated heterocycles. The van der Waals surface area contributed by atoms with Crippen LogP contribution in [0.3, 0.4) is 0 Å². The van der Waals surface area contributed by atoms with Crippen molar-refractivity contribution in [2.45, 2.75) is 26.8 Å². The number of nitrogens with zero attached hydrogens (tertiary/aromatic N) is 2. The summed E-state index contributed by atoms with van der Waals surface area (Å²) >= 11 is 0. The molecule has 1 amide bonds. The van der Waals surface area contributed by atoms with E-state index in [4.69, 9.17) is 5.73 Å². The van der Waals surface area contributed by atoms with Gasteiger partial charge in [0.2, 0.25) is 0 Å². The predicted octanol–water partition coefficient (Wildman–Crippen LogP) is 0.290. The van der Waals surface area contributed by atoms with E-state index in [0.29, 0.717) is 18.7 Å². The Morgan fingerprint density at radius 3 is 3.00 bits per heavy atom. The van der Waals surface area contributed by atoms with Gasteiger partial charge in [-0.15, -0.1) is 0 Å². The van der Waals surface area contributed by atoms with Gasteiger partial charge in [-0.1, -0.05) is 6.92 Å². The Hall–Kier alpha value is -1.36. The molecule has 5 nitrogen and oxygen atoms in total. The van der Waals surface area contributed by atoms with Gasteiger partial charge in [0.05, 0.1) is 11.8 Å². The number of carbonyl (C=O) groups is 1. The second-order valence-corrected chi connectivity index (χ2v) is 3.41. The number of carbonyl (C=O) groups excluding carboxylic acids is 1. The van der Waals surface area contributed by atoms with Crippen LogP contribution < -0.4 is 11.1 Å². The van der Waals surface area contributed by atoms with Gasteiger partial charge in [-0.25, -0.2) is 0 Å². The Morgan fingerprint density at radius 1 is 1.67 bits per heavy atom. The highest BCUT2D eigenvalue weighted by Gasteiger charge is 2.12. The zero-order valence-corrected chi connectivity index (χ0v) is 9.29. The number of hydrogen-bond acceptors (Lipinski definition) is 3. The zero-order chi connectivity index (χ0) is 11.3. The maximum atomic E-state index is 11.6. The summed E-state index contributed by atoms with van der Waals surface area (Å²) in [7, 11) is 0. The number of nitrogens with two attached hydrogens (primary N) is 1. The summed E-state index contributed by atoms with van der Waals surface area (Å²) < 4.78 is 1.84. The first-order valence-electron chi connectivity index (χ1n) is 5.21. The molecule has 0 aromatic carbocycles. The van der Waals surface area contributed by atoms with E-state index in [1.807, 2.05) is 11.6 Å². The third-order valence-electron chi connectivity index (χ3n) is 2.21. The van der Waals surface area contributed by atoms with Crippen molar-refractivity contribution in [3.05, 3.63) is 17.5 Å². The molecule has 0 aliphatic carbocycles. The maximum absolute atomic E-state index is 11.6. The molecular weight excluding hydrogens is 192 g/mol. The van der Waals surface area contributed by atoms with E-state index in [1.165, 1.54) is 0 Å². The standard InChI is InChI=1S/C10H18N4O/c1-3-6-14-8(2)9(7-13-14)10(15)12-5-4-11/h7H,3-6,11H2,1-2H3,(H,12,15). The topological polar surface area (TPSA) is 72.9 Å². The average molecular weight is 210 g/mol. The van der Waals surface area contributed by atoms with Crippen LogP contribution in [0, 0.1) is 6.92 Å². The maximum Gasteiger partial charge on any atom is 0.254 e. The minimum absolute atomic E-state index is 0.0969. The molecule has 1 rings (SSSR count). The highest BCUT2D eigenvalue weighted by molar-refractivity contribution is 5.94. The first-order chi connectivity index (χ1) is 7.20. The second-order valence-electron chi connectivity index (χ2n) is 3.41. The number of aromatic nitrogens is 2. The Kier molecular flexibility index (Phi) is 4.30. The fraction of sp³-hybridized carbons (Fsp3) is 0.600. The molecule has 15 heavy (non-hydrogen) atoms. The van der Waals surface area contributed by atoms with Gasteiger partial charge in [0.15, 0.2) is 0 Å². The predicted molar refractivity (Wildman–Crippen MR) is 58.6 cm³/mol. The Bertz CT molecular complexity index is 332. The SMILES string of the molecule is CCCn1ncc(C(=O)NCCN)c1C. The summed E-state index contributed by atoms with van der Waals surface area (Å²) in [4.78, 5) is 11.6. The number of amides is 1. The van der Waals surface area contributed by atoms with Crippen molar-refractivity contribution in [3.63, 3.8) is 0 Å². The Balaban J connectivity index is 2.72. The van der Waals surface area contributed by atoms with Crippen LogP contribution in [0.1, 0.15) is 29.4 Å². The molecule has 1 aromatic heterocycles. The quantitative estimate of drug-likeness (QED) is 0.733. The third-order valence-corrected chi connectivity index (χ3v) is 2.21. The van der Waals surface area contributed by atoms with Crippen molar-refractivity contribution in [3.8, 4) is 0 Å². The minimum atomic E-state index is -0.0969. The van der Waals surface area contributed by atoms with Crippen molar-refractivity contribution >= 4 is 5.91 Å². The molecule has 0 fully saturated rings. The van der Waals surface area contributed by atoms with Crippen LogP contribution in [-0.2, 0) is 6.54 Å². The Morgan fingerprint density at radius 2 is 2.40 bits per heavy atom. The van der Waals surface area contributed by atoms with Crippen LogP contribution in [0.2, 0.25) is 0 Å². The monoisotopic (exact) mass is 210 g/mol. The van der Waals surface area contributed by atoms with Crippen molar-refractivity contribution < 1.29 is 4.79 Å². The summed E-state index contributed by atoms with van der Waals surface area (Å²) in [6.07, 6.45) is 2.61. The fourth-order valence-electron chi connectivity index (χ4n) is 1.39. The van der Waals surface area contributed by atoms with Gasteiger partial charge in [0, 0.05) is 25.3 Å². The van der Waals surface area contributed by atoms with E-state index in [0.717, 1.165) is 18.7 Å². The summed E-state index contributed by atoms with van der Waals surface area (Å²) in [6.45, 7) is 5.77. The van der Waals surface area contributed by atoms with Gasteiger partial charge >= 0.3 is 0 Å². The van der Waals surface area contributed by atoms with E-state index in [-0.39, 0.29) is 5.91 Å². The second kappa shape index (κ2) is 5.50. The lowest BCUT2D eigenvalue weighted by atomic mass is 10.2. The summed E-state index contributed by atoms with van der Waals surface area (Å²) in [5, 5.41) is 6.89. The van der Waals surface area contributed by atoms with Crippen molar-refractivity contribution in [1.29, 1.82) is 0 Å². The number of aryl methyl sites for hydroxylation is 1. The van der Waals surface area contributed by atoms with Crippen LogP contribution in [0.15, 0.2) is 6.20 Å². The molecule has 0 aliphatic heterocycles. The molecule has 0 unspecified atom stereocenters. The highest BCUT2D eigenvalue weighted by atomic mass is 16.1. The largest absolute Gasteiger partial charge is 0.351 e. The molecular formula is C10H18N4O. The Labute approximate surface area is 89.6 Å². The summed E-state index contributed by atoms with van der Waals surface area (Å²) in [5.41, 5.74) is 6.85. The zero-order valence-electron chi connectivity index (χ0n) is 9.29. The molecule has 0 spiro atoms. The van der Waals surface area contributed by atoms with Gasteiger partial charge in [0.1, 0.15) is 0 Å². The van der Waals surface area contributed by atoms with Gasteiger partial charge in [-0.05, 0) is 13.3 Å². The van der Waals surface area contributed by atoms with Gasteiger partial charge < -0.3 is 11.1 Å². The molecule has 3 N–H and O–H groups in total. The summed E-state index contributed by atoms with van der Waals surface area (Å²) in [5.74, 6) is -0.0969. The lowest BCUT2D eigenvalue weighted by Crippen LogP contribution is -2.29. The number of rotatable bonds is 5. The number of hydrogen-bond donors (Lipinski definition) is 2. The first kappa shape index (κ1) is 11.7. The van der Waals surface area contributed by atoms with Crippen molar-refractivity contribution in [2.75, 3.05) is 13.1 Å². The van der Waals surface area contributed by atoms with E-state index >= 15 is 0 Å². The third kappa shape index (κ3) is 2.79. The van der Waals surface area contributed by atoms with Crippen molar-refractivity contribution in [2.24, 2.45) is 5.73 Å². The average Bonchev–Trinajstić information content (AvgIpc) is 2.58. The molecule has 0 bridgehead atoms. The van der Waals surface area contributed by atoms with E-state index < -0.39 is 0 Å². The van der Waals surface area contributed by atoms with Gasteiger partial charge in [-0.2, -0.15) is 5.10 Å². The van der Waals surface area contributed by atoms with Gasteiger partial charge in [0.25, 0.3) is 5.91 Å². The van der Waals surface area contributed by atoms with E-state index in [9.17, 15) is 4.79 Å². The fourth-order valence-corrected chi connectivity index (χ4v) is 1.39. The molecule has 0 atom stereocenters. The van der Waals surface area contributed by atoms with E-state index in [1.54, 1.807) is 6.20 Å². The van der Waals surface area contributed by atoms with Crippen molar-refractivity contribution in [1.82, 2.24) is 15.1 Å². The normalized spacial score (nSPS) is 10.3. The van der Waals surface area contributed by atoms with Gasteiger partial charge in [-0.3, -0.25) is 9.48 Å². The van der Waals surface area contributed by atoms with Crippen LogP contribution in [0.5, 0.6) is 0 Å². The lowest BCUT2D eigenvalue weighted by molar-refractivity contribution is 0.0954. The summed E-state index contributed by atoms with van der Waals surface area (Å²) in [6, 6.07) is 0. The molecule has 0 radical (unpaired) electrons. The molecule has 0 saturated carbocycles. The molecule has 84 valence electrons. The molecule has 5 heteroatoms. The van der Waals surface area contributed by atoms with E-state index in [2.05, 4.69) is 17.3 Å². The smallest absolute Gasteiger partial charge is 0.254 e.